The minimum atomic E-state index is -3.89. The Morgan fingerprint density at radius 3 is 2.35 bits per heavy atom. The van der Waals surface area contributed by atoms with Crippen molar-refractivity contribution in [2.75, 3.05) is 0 Å². The van der Waals surface area contributed by atoms with Crippen LogP contribution in [0.1, 0.15) is 45.6 Å². The molecule has 3 atom stereocenters. The topological polar surface area (TPSA) is 106 Å². The number of sulfone groups is 1. The molecule has 0 saturated carbocycles. The predicted octanol–water partition coefficient (Wildman–Crippen LogP) is 5.37. The quantitative estimate of drug-likeness (QED) is 0.366. The number of Topliss-reactive ketones (excluding diaryl/α,β-unsaturated/α-hetero) is 1. The third-order valence-corrected chi connectivity index (χ3v) is 9.36. The fourth-order valence-corrected chi connectivity index (χ4v) is 7.35. The number of ketones is 1. The van der Waals surface area contributed by atoms with Crippen LogP contribution in [-0.4, -0.2) is 32.2 Å². The molecule has 6 nitrogen and oxygen atoms in total. The summed E-state index contributed by atoms with van der Waals surface area (Å²) < 4.78 is 27.6. The molecule has 0 aliphatic heterocycles. The van der Waals surface area contributed by atoms with Crippen molar-refractivity contribution in [2.24, 2.45) is 5.73 Å². The van der Waals surface area contributed by atoms with Crippen LogP contribution in [0.3, 0.4) is 0 Å². The number of carbonyl (C=O) groups excluding carboxylic acids is 2. The van der Waals surface area contributed by atoms with Crippen LogP contribution in [0.15, 0.2) is 65.6 Å². The van der Waals surface area contributed by atoms with E-state index < -0.39 is 27.2 Å². The van der Waals surface area contributed by atoms with E-state index in [1.807, 2.05) is 0 Å². The number of hydrogen-bond donors (Lipinski definition) is 2. The molecule has 0 saturated heterocycles. The average Bonchev–Trinajstić information content (AvgIpc) is 2.83. The molecule has 0 fully saturated rings. The van der Waals surface area contributed by atoms with Crippen LogP contribution in [0.25, 0.3) is 0 Å². The van der Waals surface area contributed by atoms with Crippen LogP contribution >= 0.6 is 34.8 Å². The van der Waals surface area contributed by atoms with Crippen LogP contribution in [0.2, 0.25) is 15.1 Å². The molecule has 0 bridgehead atoms. The van der Waals surface area contributed by atoms with Crippen molar-refractivity contribution in [1.29, 1.82) is 0 Å². The number of carbonyl (C=O) groups is 2. The van der Waals surface area contributed by atoms with E-state index in [9.17, 15) is 18.0 Å². The van der Waals surface area contributed by atoms with Gasteiger partial charge in [0.25, 0.3) is 0 Å². The van der Waals surface area contributed by atoms with Crippen LogP contribution < -0.4 is 11.1 Å². The summed E-state index contributed by atoms with van der Waals surface area (Å²) in [4.78, 5) is 25.4. The number of benzene rings is 3. The normalized spacial score (nSPS) is 18.1. The van der Waals surface area contributed by atoms with E-state index in [1.165, 1.54) is 12.1 Å². The summed E-state index contributed by atoms with van der Waals surface area (Å²) in [5.74, 6) is -0.631. The maximum absolute atomic E-state index is 13.8. The summed E-state index contributed by atoms with van der Waals surface area (Å²) in [7, 11) is -3.89. The van der Waals surface area contributed by atoms with Gasteiger partial charge >= 0.3 is 0 Å². The molecule has 0 spiro atoms. The zero-order valence-electron chi connectivity index (χ0n) is 19.9. The molecule has 3 N–H and O–H groups in total. The van der Waals surface area contributed by atoms with Gasteiger partial charge < -0.3 is 11.1 Å². The first kappa shape index (κ1) is 27.6. The Kier molecular flexibility index (Phi) is 8.31. The van der Waals surface area contributed by atoms with Gasteiger partial charge in [0.2, 0.25) is 5.91 Å². The SMILES string of the molecule is C[C@H](N)C(=O)N[C@@H]1Cc2ccc(CC(=O)c3c(Cl)cccc3Cl)cc2C(S(=O)(=O)c2cccc(Cl)c2)C1. The molecular formula is C27H25Cl3N2O4S. The molecule has 4 rings (SSSR count). The van der Waals surface area contributed by atoms with Crippen LogP contribution in [-0.2, 0) is 27.5 Å². The fraction of sp³-hybridized carbons (Fsp3) is 0.259. The van der Waals surface area contributed by atoms with Crippen molar-refractivity contribution < 1.29 is 18.0 Å². The Morgan fingerprint density at radius 2 is 1.70 bits per heavy atom. The van der Waals surface area contributed by atoms with Crippen LogP contribution in [0.4, 0.5) is 0 Å². The van der Waals surface area contributed by atoms with Gasteiger partial charge in [-0.3, -0.25) is 9.59 Å². The average molecular weight is 580 g/mol. The number of hydrogen-bond acceptors (Lipinski definition) is 5. The van der Waals surface area contributed by atoms with Crippen molar-refractivity contribution in [3.05, 3.63) is 98.0 Å². The van der Waals surface area contributed by atoms with Gasteiger partial charge in [-0.2, -0.15) is 0 Å². The Morgan fingerprint density at radius 1 is 1.03 bits per heavy atom. The molecule has 37 heavy (non-hydrogen) atoms. The molecule has 1 unspecified atom stereocenters. The molecule has 3 aromatic rings. The van der Waals surface area contributed by atoms with Gasteiger partial charge in [-0.1, -0.05) is 65.1 Å². The van der Waals surface area contributed by atoms with Gasteiger partial charge in [-0.25, -0.2) is 8.42 Å². The summed E-state index contributed by atoms with van der Waals surface area (Å²) >= 11 is 18.5. The molecular weight excluding hydrogens is 555 g/mol. The highest BCUT2D eigenvalue weighted by molar-refractivity contribution is 7.91. The van der Waals surface area contributed by atoms with Gasteiger partial charge in [0.1, 0.15) is 0 Å². The number of fused-ring (bicyclic) bond motifs is 1. The second kappa shape index (κ2) is 11.1. The number of nitrogens with one attached hydrogen (secondary N) is 1. The molecule has 194 valence electrons. The monoisotopic (exact) mass is 578 g/mol. The molecule has 0 aromatic heterocycles. The van der Waals surface area contributed by atoms with Gasteiger partial charge in [0, 0.05) is 17.5 Å². The molecule has 3 aromatic carbocycles. The highest BCUT2D eigenvalue weighted by atomic mass is 35.5. The molecule has 1 amide bonds. The Bertz CT molecular complexity index is 1450. The number of halogens is 3. The summed E-state index contributed by atoms with van der Waals surface area (Å²) in [6, 6.07) is 15.1. The summed E-state index contributed by atoms with van der Waals surface area (Å²) in [6.45, 7) is 1.57. The van der Waals surface area contributed by atoms with Crippen molar-refractivity contribution >= 4 is 56.3 Å². The summed E-state index contributed by atoms with van der Waals surface area (Å²) in [5.41, 5.74) is 7.92. The first-order chi connectivity index (χ1) is 17.5. The summed E-state index contributed by atoms with van der Waals surface area (Å²) in [6.07, 6.45) is 0.569. The number of nitrogens with two attached hydrogens (primary N) is 1. The minimum Gasteiger partial charge on any atom is -0.352 e. The standard InChI is InChI=1S/C27H25Cl3N2O4S/c1-15(31)27(34)32-19-12-17-9-8-16(11-24(33)26-22(29)6-3-7-23(26)30)10-21(17)25(14-19)37(35,36)20-5-2-4-18(28)13-20/h2-10,13,15,19,25H,11-12,14,31H2,1H3,(H,32,34)/t15-,19+,25?/m0/s1. The second-order valence-electron chi connectivity index (χ2n) is 9.15. The lowest BCUT2D eigenvalue weighted by molar-refractivity contribution is -0.122. The molecule has 0 radical (unpaired) electrons. The minimum absolute atomic E-state index is 0.00841. The highest BCUT2D eigenvalue weighted by Gasteiger charge is 2.38. The van der Waals surface area contributed by atoms with Crippen molar-refractivity contribution in [3.8, 4) is 0 Å². The zero-order valence-corrected chi connectivity index (χ0v) is 23.0. The van der Waals surface area contributed by atoms with Gasteiger partial charge in [0.15, 0.2) is 15.6 Å². The van der Waals surface area contributed by atoms with E-state index in [0.29, 0.717) is 22.6 Å². The fourth-order valence-electron chi connectivity index (χ4n) is 4.56. The molecule has 0 heterocycles. The van der Waals surface area contributed by atoms with E-state index in [1.54, 1.807) is 55.5 Å². The third kappa shape index (κ3) is 6.02. The van der Waals surface area contributed by atoms with E-state index in [-0.39, 0.29) is 45.0 Å². The number of rotatable bonds is 7. The molecule has 1 aliphatic carbocycles. The third-order valence-electron chi connectivity index (χ3n) is 6.39. The Labute approximate surface area is 231 Å². The predicted molar refractivity (Wildman–Crippen MR) is 146 cm³/mol. The van der Waals surface area contributed by atoms with Crippen molar-refractivity contribution in [2.45, 2.75) is 48.4 Å². The Balaban J connectivity index is 1.73. The van der Waals surface area contributed by atoms with Crippen LogP contribution in [0, 0.1) is 0 Å². The lowest BCUT2D eigenvalue weighted by atomic mass is 9.86. The largest absolute Gasteiger partial charge is 0.352 e. The molecule has 10 heteroatoms. The van der Waals surface area contributed by atoms with Gasteiger partial charge in [0.05, 0.1) is 31.8 Å². The summed E-state index contributed by atoms with van der Waals surface area (Å²) in [5, 5.41) is 2.71. The smallest absolute Gasteiger partial charge is 0.236 e. The lowest BCUT2D eigenvalue weighted by Gasteiger charge is -2.32. The second-order valence-corrected chi connectivity index (χ2v) is 12.5. The zero-order chi connectivity index (χ0) is 26.9. The lowest BCUT2D eigenvalue weighted by Crippen LogP contribution is -2.47. The van der Waals surface area contributed by atoms with Crippen molar-refractivity contribution in [3.63, 3.8) is 0 Å². The van der Waals surface area contributed by atoms with E-state index in [4.69, 9.17) is 40.5 Å². The molecule has 1 aliphatic rings. The highest BCUT2D eigenvalue weighted by Crippen LogP contribution is 2.40. The first-order valence-electron chi connectivity index (χ1n) is 11.6. The van der Waals surface area contributed by atoms with Gasteiger partial charge in [-0.05, 0) is 66.8 Å². The number of amides is 1. The first-order valence-corrected chi connectivity index (χ1v) is 14.3. The van der Waals surface area contributed by atoms with Crippen LogP contribution in [0.5, 0.6) is 0 Å². The van der Waals surface area contributed by atoms with E-state index in [0.717, 1.165) is 5.56 Å². The van der Waals surface area contributed by atoms with Crippen molar-refractivity contribution in [1.82, 2.24) is 5.32 Å². The maximum Gasteiger partial charge on any atom is 0.236 e. The maximum atomic E-state index is 13.8. The van der Waals surface area contributed by atoms with E-state index >= 15 is 0 Å². The van der Waals surface area contributed by atoms with Gasteiger partial charge in [-0.15, -0.1) is 0 Å². The van der Waals surface area contributed by atoms with E-state index in [2.05, 4.69) is 5.32 Å². The Hall–Kier alpha value is -2.42.